The Morgan fingerprint density at radius 1 is 1.26 bits per heavy atom. The number of likely N-dealkylation sites (tertiary alicyclic amines) is 1. The Hall–Kier alpha value is -2.35. The molecule has 2 amide bonds. The number of anilines is 1. The molecular formula is C14H15N3O2. The standard InChI is InChI=1S/C14H15N3O2/c15-10-11-5-1-2-6-12(11)16-13(18)9-14(19)17-7-3-4-8-17/h1-2,5-6H,3-4,7-9H2,(H,16,18). The van der Waals surface area contributed by atoms with Crippen LogP contribution in [0, 0.1) is 11.3 Å². The van der Waals surface area contributed by atoms with Crippen LogP contribution in [0.15, 0.2) is 24.3 Å². The first kappa shape index (κ1) is 13.1. The van der Waals surface area contributed by atoms with Crippen LogP contribution < -0.4 is 5.32 Å². The molecule has 1 aromatic rings. The molecule has 0 atom stereocenters. The lowest BCUT2D eigenvalue weighted by Crippen LogP contribution is -2.31. The summed E-state index contributed by atoms with van der Waals surface area (Å²) in [6, 6.07) is 8.73. The van der Waals surface area contributed by atoms with E-state index in [4.69, 9.17) is 5.26 Å². The third-order valence-electron chi connectivity index (χ3n) is 3.09. The minimum atomic E-state index is -0.375. The largest absolute Gasteiger partial charge is 0.342 e. The predicted octanol–water partition coefficient (Wildman–Crippen LogP) is 1.51. The maximum absolute atomic E-state index is 11.8. The van der Waals surface area contributed by atoms with Crippen molar-refractivity contribution in [2.45, 2.75) is 19.3 Å². The summed E-state index contributed by atoms with van der Waals surface area (Å²) in [7, 11) is 0. The van der Waals surface area contributed by atoms with E-state index in [1.165, 1.54) is 0 Å². The third-order valence-corrected chi connectivity index (χ3v) is 3.09. The molecule has 1 aliphatic rings. The normalized spacial score (nSPS) is 13.9. The van der Waals surface area contributed by atoms with Gasteiger partial charge in [0.2, 0.25) is 11.8 Å². The molecule has 0 saturated carbocycles. The lowest BCUT2D eigenvalue weighted by molar-refractivity contribution is -0.133. The Morgan fingerprint density at radius 2 is 1.95 bits per heavy atom. The van der Waals surface area contributed by atoms with E-state index in [0.29, 0.717) is 11.3 Å². The lowest BCUT2D eigenvalue weighted by atomic mass is 10.2. The van der Waals surface area contributed by atoms with Gasteiger partial charge in [0.25, 0.3) is 0 Å². The topological polar surface area (TPSA) is 73.2 Å². The monoisotopic (exact) mass is 257 g/mol. The fraction of sp³-hybridized carbons (Fsp3) is 0.357. The third kappa shape index (κ3) is 3.32. The van der Waals surface area contributed by atoms with E-state index in [0.717, 1.165) is 25.9 Å². The van der Waals surface area contributed by atoms with Crippen molar-refractivity contribution in [2.75, 3.05) is 18.4 Å². The average Bonchev–Trinajstić information content (AvgIpc) is 2.93. The summed E-state index contributed by atoms with van der Waals surface area (Å²) >= 11 is 0. The van der Waals surface area contributed by atoms with Crippen LogP contribution in [0.1, 0.15) is 24.8 Å². The molecule has 0 bridgehead atoms. The molecule has 2 rings (SSSR count). The molecule has 0 aromatic heterocycles. The van der Waals surface area contributed by atoms with Crippen molar-refractivity contribution in [3.63, 3.8) is 0 Å². The number of hydrogen-bond acceptors (Lipinski definition) is 3. The summed E-state index contributed by atoms with van der Waals surface area (Å²) in [5.74, 6) is -0.524. The highest BCUT2D eigenvalue weighted by Gasteiger charge is 2.20. The molecule has 0 radical (unpaired) electrons. The quantitative estimate of drug-likeness (QED) is 0.834. The lowest BCUT2D eigenvalue weighted by Gasteiger charge is -2.15. The summed E-state index contributed by atoms with van der Waals surface area (Å²) in [6.07, 6.45) is 1.84. The van der Waals surface area contributed by atoms with E-state index in [-0.39, 0.29) is 18.2 Å². The van der Waals surface area contributed by atoms with E-state index in [2.05, 4.69) is 5.32 Å². The molecule has 1 saturated heterocycles. The number of hydrogen-bond donors (Lipinski definition) is 1. The summed E-state index contributed by atoms with van der Waals surface area (Å²) < 4.78 is 0. The number of nitrogens with zero attached hydrogens (tertiary/aromatic N) is 2. The molecule has 19 heavy (non-hydrogen) atoms. The van der Waals surface area contributed by atoms with Crippen LogP contribution in [0.5, 0.6) is 0 Å². The Bertz CT molecular complexity index is 528. The Morgan fingerprint density at radius 3 is 2.63 bits per heavy atom. The van der Waals surface area contributed by atoms with Crippen molar-refractivity contribution in [3.8, 4) is 6.07 Å². The van der Waals surface area contributed by atoms with Gasteiger partial charge >= 0.3 is 0 Å². The van der Waals surface area contributed by atoms with Gasteiger partial charge < -0.3 is 10.2 Å². The van der Waals surface area contributed by atoms with E-state index >= 15 is 0 Å². The van der Waals surface area contributed by atoms with Crippen molar-refractivity contribution in [2.24, 2.45) is 0 Å². The first-order chi connectivity index (χ1) is 9.20. The molecule has 5 heteroatoms. The summed E-state index contributed by atoms with van der Waals surface area (Å²) in [4.78, 5) is 25.3. The van der Waals surface area contributed by atoms with E-state index in [9.17, 15) is 9.59 Å². The highest BCUT2D eigenvalue weighted by Crippen LogP contribution is 2.14. The number of para-hydroxylation sites is 1. The van der Waals surface area contributed by atoms with Gasteiger partial charge in [0, 0.05) is 13.1 Å². The highest BCUT2D eigenvalue weighted by atomic mass is 16.2. The number of carbonyl (C=O) groups excluding carboxylic acids is 2. The molecule has 1 aliphatic heterocycles. The average molecular weight is 257 g/mol. The van der Waals surface area contributed by atoms with E-state index in [1.807, 2.05) is 6.07 Å². The van der Waals surface area contributed by atoms with Crippen LogP contribution in [0.4, 0.5) is 5.69 Å². The van der Waals surface area contributed by atoms with Crippen molar-refractivity contribution in [1.29, 1.82) is 5.26 Å². The first-order valence-corrected chi connectivity index (χ1v) is 6.27. The van der Waals surface area contributed by atoms with Gasteiger partial charge in [-0.3, -0.25) is 9.59 Å². The van der Waals surface area contributed by atoms with Crippen LogP contribution in [-0.4, -0.2) is 29.8 Å². The van der Waals surface area contributed by atoms with Crippen molar-refractivity contribution >= 4 is 17.5 Å². The van der Waals surface area contributed by atoms with Gasteiger partial charge in [-0.05, 0) is 25.0 Å². The van der Waals surface area contributed by atoms with Gasteiger partial charge in [-0.25, -0.2) is 0 Å². The van der Waals surface area contributed by atoms with Crippen LogP contribution in [0.3, 0.4) is 0 Å². The van der Waals surface area contributed by atoms with Crippen molar-refractivity contribution in [1.82, 2.24) is 4.90 Å². The van der Waals surface area contributed by atoms with Crippen LogP contribution >= 0.6 is 0 Å². The summed E-state index contributed by atoms with van der Waals surface area (Å²) in [5.41, 5.74) is 0.841. The maximum Gasteiger partial charge on any atom is 0.233 e. The molecule has 1 N–H and O–H groups in total. The van der Waals surface area contributed by atoms with Crippen LogP contribution in [0.25, 0.3) is 0 Å². The zero-order valence-electron chi connectivity index (χ0n) is 10.6. The minimum Gasteiger partial charge on any atom is -0.342 e. The Kier molecular flexibility index (Phi) is 4.14. The van der Waals surface area contributed by atoms with Gasteiger partial charge in [-0.2, -0.15) is 5.26 Å². The molecular weight excluding hydrogens is 242 g/mol. The van der Waals surface area contributed by atoms with E-state index < -0.39 is 0 Å². The zero-order valence-corrected chi connectivity index (χ0v) is 10.6. The molecule has 1 aromatic carbocycles. The van der Waals surface area contributed by atoms with Gasteiger partial charge in [-0.15, -0.1) is 0 Å². The van der Waals surface area contributed by atoms with Gasteiger partial charge in [0.15, 0.2) is 0 Å². The van der Waals surface area contributed by atoms with Crippen molar-refractivity contribution in [3.05, 3.63) is 29.8 Å². The van der Waals surface area contributed by atoms with Gasteiger partial charge in [-0.1, -0.05) is 12.1 Å². The fourth-order valence-corrected chi connectivity index (χ4v) is 2.10. The number of benzene rings is 1. The molecule has 5 nitrogen and oxygen atoms in total. The van der Waals surface area contributed by atoms with Gasteiger partial charge in [0.1, 0.15) is 12.5 Å². The van der Waals surface area contributed by atoms with Gasteiger partial charge in [0.05, 0.1) is 11.3 Å². The van der Waals surface area contributed by atoms with Crippen molar-refractivity contribution < 1.29 is 9.59 Å². The number of carbonyl (C=O) groups is 2. The first-order valence-electron chi connectivity index (χ1n) is 6.27. The number of nitriles is 1. The maximum atomic E-state index is 11.8. The van der Waals surface area contributed by atoms with Crippen LogP contribution in [0.2, 0.25) is 0 Å². The second kappa shape index (κ2) is 6.01. The SMILES string of the molecule is N#Cc1ccccc1NC(=O)CC(=O)N1CCCC1. The minimum absolute atomic E-state index is 0.149. The number of rotatable bonds is 3. The highest BCUT2D eigenvalue weighted by molar-refractivity contribution is 6.04. The zero-order chi connectivity index (χ0) is 13.7. The molecule has 98 valence electrons. The predicted molar refractivity (Wildman–Crippen MR) is 70.2 cm³/mol. The number of nitrogens with one attached hydrogen (secondary N) is 1. The number of amides is 2. The molecule has 0 spiro atoms. The van der Waals surface area contributed by atoms with E-state index in [1.54, 1.807) is 29.2 Å². The molecule has 1 heterocycles. The van der Waals surface area contributed by atoms with Crippen LogP contribution in [-0.2, 0) is 9.59 Å². The second-order valence-electron chi connectivity index (χ2n) is 4.47. The fourth-order valence-electron chi connectivity index (χ4n) is 2.10. The Balaban J connectivity index is 1.94. The molecule has 0 aliphatic carbocycles. The smallest absolute Gasteiger partial charge is 0.233 e. The molecule has 0 unspecified atom stereocenters. The summed E-state index contributed by atoms with van der Waals surface area (Å²) in [5, 5.41) is 11.5. The summed E-state index contributed by atoms with van der Waals surface area (Å²) in [6.45, 7) is 1.47. The Labute approximate surface area is 111 Å². The second-order valence-corrected chi connectivity index (χ2v) is 4.47. The molecule has 1 fully saturated rings.